The minimum Gasteiger partial charge on any atom is -0.374 e. The van der Waals surface area contributed by atoms with Crippen molar-refractivity contribution in [2.24, 2.45) is 5.73 Å². The minimum atomic E-state index is 0.476. The minimum absolute atomic E-state index is 0.476. The highest BCUT2D eigenvalue weighted by Crippen LogP contribution is 2.23. The van der Waals surface area contributed by atoms with Crippen molar-refractivity contribution < 1.29 is 4.74 Å². The molecule has 1 saturated heterocycles. The van der Waals surface area contributed by atoms with E-state index in [-0.39, 0.29) is 0 Å². The van der Waals surface area contributed by atoms with Gasteiger partial charge in [0.15, 0.2) is 0 Å². The van der Waals surface area contributed by atoms with Gasteiger partial charge in [-0.05, 0) is 19.8 Å². The van der Waals surface area contributed by atoms with Gasteiger partial charge in [0.2, 0.25) is 0 Å². The van der Waals surface area contributed by atoms with Gasteiger partial charge in [0.05, 0.1) is 12.2 Å². The molecule has 2 N–H and O–H groups in total. The highest BCUT2D eigenvalue weighted by molar-refractivity contribution is 7.99. The van der Waals surface area contributed by atoms with Gasteiger partial charge in [-0.3, -0.25) is 0 Å². The molecule has 72 valence electrons. The predicted octanol–water partition coefficient (Wildman–Crippen LogP) is 1.63. The van der Waals surface area contributed by atoms with E-state index in [0.717, 1.165) is 12.3 Å². The number of nitrogens with two attached hydrogens (primary N) is 1. The Balaban J connectivity index is 2.07. The van der Waals surface area contributed by atoms with Gasteiger partial charge in [-0.1, -0.05) is 6.92 Å². The molecule has 2 nitrogen and oxygen atoms in total. The fraction of sp³-hybridized carbons (Fsp3) is 1.00. The zero-order chi connectivity index (χ0) is 8.97. The van der Waals surface area contributed by atoms with E-state index in [9.17, 15) is 0 Å². The quantitative estimate of drug-likeness (QED) is 0.730. The number of ether oxygens (including phenoxy) is 1. The van der Waals surface area contributed by atoms with E-state index in [1.165, 1.54) is 12.8 Å². The summed E-state index contributed by atoms with van der Waals surface area (Å²) in [6.07, 6.45) is 3.41. The molecular formula is C9H19NOS. The fourth-order valence-corrected chi connectivity index (χ4v) is 2.27. The summed E-state index contributed by atoms with van der Waals surface area (Å²) < 4.78 is 5.69. The Morgan fingerprint density at radius 3 is 2.83 bits per heavy atom. The highest BCUT2D eigenvalue weighted by atomic mass is 32.2. The molecule has 1 aliphatic rings. The number of hydrogen-bond acceptors (Lipinski definition) is 3. The van der Waals surface area contributed by atoms with Crippen molar-refractivity contribution in [2.75, 3.05) is 12.3 Å². The van der Waals surface area contributed by atoms with Crippen LogP contribution in [0.2, 0.25) is 0 Å². The molecule has 0 aromatic rings. The first-order valence-electron chi connectivity index (χ1n) is 4.69. The van der Waals surface area contributed by atoms with Gasteiger partial charge in [0, 0.05) is 17.5 Å². The lowest BCUT2D eigenvalue weighted by Crippen LogP contribution is -2.17. The molecule has 1 heterocycles. The van der Waals surface area contributed by atoms with Crippen LogP contribution in [0, 0.1) is 0 Å². The van der Waals surface area contributed by atoms with Gasteiger partial charge in [-0.25, -0.2) is 0 Å². The van der Waals surface area contributed by atoms with E-state index in [2.05, 4.69) is 13.8 Å². The summed E-state index contributed by atoms with van der Waals surface area (Å²) in [5.74, 6) is 1.11. The van der Waals surface area contributed by atoms with E-state index < -0.39 is 0 Å². The standard InChI is InChI=1S/C9H19NOS/c1-7-3-4-9(11-7)6-12-8(2)5-10/h7-9H,3-6,10H2,1-2H3. The second-order valence-corrected chi connectivity index (χ2v) is 5.00. The molecule has 3 unspecified atom stereocenters. The van der Waals surface area contributed by atoms with E-state index in [1.807, 2.05) is 11.8 Å². The van der Waals surface area contributed by atoms with Crippen LogP contribution in [0.15, 0.2) is 0 Å². The Bertz CT molecular complexity index is 132. The molecule has 3 heteroatoms. The molecular weight excluding hydrogens is 170 g/mol. The smallest absolute Gasteiger partial charge is 0.0670 e. The molecule has 3 atom stereocenters. The normalized spacial score (nSPS) is 32.2. The maximum Gasteiger partial charge on any atom is 0.0670 e. The van der Waals surface area contributed by atoms with Gasteiger partial charge in [0.1, 0.15) is 0 Å². The summed E-state index contributed by atoms with van der Waals surface area (Å²) in [6, 6.07) is 0. The Morgan fingerprint density at radius 2 is 2.33 bits per heavy atom. The summed E-state index contributed by atoms with van der Waals surface area (Å²) in [5.41, 5.74) is 5.52. The maximum absolute atomic E-state index is 5.69. The van der Waals surface area contributed by atoms with Gasteiger partial charge in [-0.15, -0.1) is 0 Å². The van der Waals surface area contributed by atoms with Crippen LogP contribution >= 0.6 is 11.8 Å². The van der Waals surface area contributed by atoms with Crippen molar-refractivity contribution >= 4 is 11.8 Å². The second-order valence-electron chi connectivity index (χ2n) is 3.53. The third kappa shape index (κ3) is 3.33. The summed E-state index contributed by atoms with van der Waals surface area (Å²) in [7, 11) is 0. The molecule has 0 amide bonds. The Kier molecular flexibility index (Phi) is 4.40. The van der Waals surface area contributed by atoms with Gasteiger partial charge in [-0.2, -0.15) is 11.8 Å². The molecule has 0 aromatic carbocycles. The third-order valence-corrected chi connectivity index (χ3v) is 3.54. The zero-order valence-corrected chi connectivity index (χ0v) is 8.77. The molecule has 1 aliphatic heterocycles. The Labute approximate surface area is 79.2 Å². The molecule has 0 radical (unpaired) electrons. The van der Waals surface area contributed by atoms with E-state index in [0.29, 0.717) is 17.5 Å². The molecule has 1 fully saturated rings. The topological polar surface area (TPSA) is 35.2 Å². The lowest BCUT2D eigenvalue weighted by molar-refractivity contribution is 0.0699. The zero-order valence-electron chi connectivity index (χ0n) is 7.95. The predicted molar refractivity (Wildman–Crippen MR) is 54.5 cm³/mol. The number of thioether (sulfide) groups is 1. The maximum atomic E-state index is 5.69. The van der Waals surface area contributed by atoms with Crippen LogP contribution in [0.25, 0.3) is 0 Å². The van der Waals surface area contributed by atoms with Crippen molar-refractivity contribution in [1.82, 2.24) is 0 Å². The number of hydrogen-bond donors (Lipinski definition) is 1. The monoisotopic (exact) mass is 189 g/mol. The summed E-state index contributed by atoms with van der Waals surface area (Å²) >= 11 is 1.93. The largest absolute Gasteiger partial charge is 0.374 e. The lowest BCUT2D eigenvalue weighted by Gasteiger charge is -2.13. The molecule has 0 aromatic heterocycles. The van der Waals surface area contributed by atoms with Gasteiger partial charge < -0.3 is 10.5 Å². The van der Waals surface area contributed by atoms with Crippen LogP contribution in [-0.2, 0) is 4.74 Å². The lowest BCUT2D eigenvalue weighted by atomic mass is 10.2. The Morgan fingerprint density at radius 1 is 1.58 bits per heavy atom. The average Bonchev–Trinajstić information content (AvgIpc) is 2.47. The summed E-state index contributed by atoms with van der Waals surface area (Å²) in [6.45, 7) is 5.09. The average molecular weight is 189 g/mol. The highest BCUT2D eigenvalue weighted by Gasteiger charge is 2.21. The van der Waals surface area contributed by atoms with Crippen LogP contribution in [0.5, 0.6) is 0 Å². The van der Waals surface area contributed by atoms with E-state index in [1.54, 1.807) is 0 Å². The van der Waals surface area contributed by atoms with Crippen molar-refractivity contribution in [3.63, 3.8) is 0 Å². The van der Waals surface area contributed by atoms with Crippen LogP contribution in [0.1, 0.15) is 26.7 Å². The summed E-state index contributed by atoms with van der Waals surface area (Å²) in [5, 5.41) is 0.574. The van der Waals surface area contributed by atoms with Gasteiger partial charge >= 0.3 is 0 Å². The molecule has 0 spiro atoms. The van der Waals surface area contributed by atoms with Crippen LogP contribution in [0.4, 0.5) is 0 Å². The van der Waals surface area contributed by atoms with Crippen molar-refractivity contribution in [1.29, 1.82) is 0 Å². The first-order chi connectivity index (χ1) is 5.72. The number of rotatable bonds is 4. The fourth-order valence-electron chi connectivity index (χ4n) is 1.35. The second kappa shape index (κ2) is 5.10. The van der Waals surface area contributed by atoms with Gasteiger partial charge in [0.25, 0.3) is 0 Å². The third-order valence-electron chi connectivity index (χ3n) is 2.22. The van der Waals surface area contributed by atoms with Crippen molar-refractivity contribution in [2.45, 2.75) is 44.1 Å². The first kappa shape index (κ1) is 10.4. The van der Waals surface area contributed by atoms with Crippen LogP contribution < -0.4 is 5.73 Å². The van der Waals surface area contributed by atoms with E-state index >= 15 is 0 Å². The Hall–Kier alpha value is 0.270. The molecule has 0 aliphatic carbocycles. The molecule has 12 heavy (non-hydrogen) atoms. The van der Waals surface area contributed by atoms with Crippen molar-refractivity contribution in [3.05, 3.63) is 0 Å². The van der Waals surface area contributed by atoms with Crippen LogP contribution in [0.3, 0.4) is 0 Å². The summed E-state index contributed by atoms with van der Waals surface area (Å²) in [4.78, 5) is 0. The SMILES string of the molecule is CC1CCC(CSC(C)CN)O1. The van der Waals surface area contributed by atoms with Crippen molar-refractivity contribution in [3.8, 4) is 0 Å². The van der Waals surface area contributed by atoms with E-state index in [4.69, 9.17) is 10.5 Å². The first-order valence-corrected chi connectivity index (χ1v) is 5.74. The molecule has 0 saturated carbocycles. The van der Waals surface area contributed by atoms with Crippen LogP contribution in [-0.4, -0.2) is 29.8 Å². The molecule has 0 bridgehead atoms. The molecule has 1 rings (SSSR count).